The summed E-state index contributed by atoms with van der Waals surface area (Å²) in [6, 6.07) is 0. The molecule has 0 radical (unpaired) electrons. The fourth-order valence-electron chi connectivity index (χ4n) is 2.15. The maximum absolute atomic E-state index is 4.26. The van der Waals surface area contributed by atoms with Gasteiger partial charge in [-0.05, 0) is 36.9 Å². The zero-order valence-electron chi connectivity index (χ0n) is 10.3. The van der Waals surface area contributed by atoms with E-state index in [1.807, 2.05) is 7.05 Å². The van der Waals surface area contributed by atoms with Crippen LogP contribution in [0.2, 0.25) is 0 Å². The Morgan fingerprint density at radius 1 is 1.38 bits per heavy atom. The Labute approximate surface area is 103 Å². The maximum atomic E-state index is 4.26. The van der Waals surface area contributed by atoms with Crippen molar-refractivity contribution in [3.05, 3.63) is 0 Å². The monoisotopic (exact) mass is 241 g/mol. The highest BCUT2D eigenvalue weighted by atomic mass is 32.2. The van der Waals surface area contributed by atoms with Gasteiger partial charge in [-0.1, -0.05) is 6.92 Å². The van der Waals surface area contributed by atoms with Crippen LogP contribution in [-0.2, 0) is 0 Å². The van der Waals surface area contributed by atoms with Crippen LogP contribution in [0.25, 0.3) is 0 Å². The van der Waals surface area contributed by atoms with Crippen LogP contribution in [0, 0.1) is 11.8 Å². The molecule has 3 nitrogen and oxygen atoms in total. The van der Waals surface area contributed by atoms with Crippen molar-refractivity contribution < 1.29 is 0 Å². The van der Waals surface area contributed by atoms with E-state index in [1.54, 1.807) is 0 Å². The van der Waals surface area contributed by atoms with Gasteiger partial charge in [0.15, 0.2) is 5.96 Å². The molecular weight excluding hydrogens is 218 g/mol. The van der Waals surface area contributed by atoms with Crippen molar-refractivity contribution in [1.29, 1.82) is 0 Å². The van der Waals surface area contributed by atoms with Gasteiger partial charge in [0.1, 0.15) is 0 Å². The van der Waals surface area contributed by atoms with Crippen molar-refractivity contribution in [2.24, 2.45) is 16.8 Å². The predicted molar refractivity (Wildman–Crippen MR) is 72.1 cm³/mol. The maximum Gasteiger partial charge on any atom is 0.191 e. The lowest BCUT2D eigenvalue weighted by molar-refractivity contribution is 0.682. The highest BCUT2D eigenvalue weighted by Gasteiger charge is 2.32. The minimum atomic E-state index is 0.790. The number of hydrogen-bond acceptors (Lipinski definition) is 2. The number of thioether (sulfide) groups is 1. The first kappa shape index (κ1) is 12.1. The van der Waals surface area contributed by atoms with Crippen LogP contribution in [0.3, 0.4) is 0 Å². The van der Waals surface area contributed by atoms with Crippen molar-refractivity contribution in [1.82, 2.24) is 10.6 Å². The Hall–Kier alpha value is -0.380. The normalized spacial score (nSPS) is 33.9. The largest absolute Gasteiger partial charge is 0.356 e. The molecule has 1 saturated heterocycles. The molecule has 1 heterocycles. The lowest BCUT2D eigenvalue weighted by Crippen LogP contribution is -2.41. The summed E-state index contributed by atoms with van der Waals surface area (Å²) in [5, 5.41) is 7.63. The molecule has 92 valence electrons. The van der Waals surface area contributed by atoms with Gasteiger partial charge in [-0.15, -0.1) is 0 Å². The van der Waals surface area contributed by atoms with Gasteiger partial charge in [-0.25, -0.2) is 0 Å². The topological polar surface area (TPSA) is 36.4 Å². The Bertz CT molecular complexity index is 249. The molecule has 2 aliphatic rings. The second-order valence-corrected chi connectivity index (χ2v) is 6.35. The molecule has 0 amide bonds. The number of rotatable bonds is 4. The first-order valence-corrected chi connectivity index (χ1v) is 7.40. The Morgan fingerprint density at radius 2 is 2.12 bits per heavy atom. The van der Waals surface area contributed by atoms with Crippen LogP contribution in [-0.4, -0.2) is 37.1 Å². The summed E-state index contributed by atoms with van der Waals surface area (Å²) in [7, 11) is 1.85. The SMILES string of the molecule is CN=C(NCC1CCCS1)NCC1CC1C. The van der Waals surface area contributed by atoms with Crippen LogP contribution in [0.1, 0.15) is 26.2 Å². The van der Waals surface area contributed by atoms with E-state index in [1.165, 1.54) is 25.0 Å². The van der Waals surface area contributed by atoms with Gasteiger partial charge >= 0.3 is 0 Å². The molecule has 0 aromatic rings. The first-order chi connectivity index (χ1) is 7.79. The first-order valence-electron chi connectivity index (χ1n) is 6.35. The van der Waals surface area contributed by atoms with Crippen LogP contribution >= 0.6 is 11.8 Å². The van der Waals surface area contributed by atoms with Crippen LogP contribution in [0.15, 0.2) is 4.99 Å². The average Bonchev–Trinajstić information content (AvgIpc) is 2.81. The fraction of sp³-hybridized carbons (Fsp3) is 0.917. The molecule has 3 atom stereocenters. The van der Waals surface area contributed by atoms with E-state index >= 15 is 0 Å². The summed E-state index contributed by atoms with van der Waals surface area (Å²) < 4.78 is 0. The van der Waals surface area contributed by atoms with Gasteiger partial charge in [0, 0.05) is 25.4 Å². The van der Waals surface area contributed by atoms with Gasteiger partial charge in [0.05, 0.1) is 0 Å². The number of nitrogens with zero attached hydrogens (tertiary/aromatic N) is 1. The van der Waals surface area contributed by atoms with Gasteiger partial charge in [-0.2, -0.15) is 11.8 Å². The third-order valence-corrected chi connectivity index (χ3v) is 4.95. The molecule has 0 aromatic carbocycles. The Kier molecular flexibility index (Phi) is 4.38. The molecule has 4 heteroatoms. The van der Waals surface area contributed by atoms with E-state index in [2.05, 4.69) is 34.3 Å². The molecule has 0 spiro atoms. The molecule has 0 bridgehead atoms. The molecule has 16 heavy (non-hydrogen) atoms. The number of guanidine groups is 1. The molecule has 1 saturated carbocycles. The summed E-state index contributed by atoms with van der Waals surface area (Å²) >= 11 is 2.09. The highest BCUT2D eigenvalue weighted by molar-refractivity contribution is 8.00. The van der Waals surface area contributed by atoms with Crippen molar-refractivity contribution in [3.8, 4) is 0 Å². The predicted octanol–water partition coefficient (Wildman–Crippen LogP) is 1.70. The minimum Gasteiger partial charge on any atom is -0.356 e. The van der Waals surface area contributed by atoms with E-state index in [0.29, 0.717) is 0 Å². The smallest absolute Gasteiger partial charge is 0.191 e. The molecule has 1 aliphatic carbocycles. The van der Waals surface area contributed by atoms with E-state index < -0.39 is 0 Å². The van der Waals surface area contributed by atoms with E-state index in [9.17, 15) is 0 Å². The third-order valence-electron chi connectivity index (χ3n) is 3.55. The molecule has 1 aliphatic heterocycles. The second-order valence-electron chi connectivity index (χ2n) is 4.94. The van der Waals surface area contributed by atoms with Gasteiger partial charge in [0.2, 0.25) is 0 Å². The fourth-order valence-corrected chi connectivity index (χ4v) is 3.35. The molecular formula is C12H23N3S. The van der Waals surface area contributed by atoms with Gasteiger partial charge < -0.3 is 10.6 Å². The van der Waals surface area contributed by atoms with E-state index in [0.717, 1.165) is 36.1 Å². The summed E-state index contributed by atoms with van der Waals surface area (Å²) in [5.41, 5.74) is 0. The summed E-state index contributed by atoms with van der Waals surface area (Å²) in [6.45, 7) is 4.46. The van der Waals surface area contributed by atoms with Crippen LogP contribution in [0.5, 0.6) is 0 Å². The van der Waals surface area contributed by atoms with E-state index in [4.69, 9.17) is 0 Å². The van der Waals surface area contributed by atoms with Crippen molar-refractivity contribution >= 4 is 17.7 Å². The summed E-state index contributed by atoms with van der Waals surface area (Å²) in [4.78, 5) is 4.26. The number of hydrogen-bond donors (Lipinski definition) is 2. The minimum absolute atomic E-state index is 0.790. The third kappa shape index (κ3) is 3.58. The second kappa shape index (κ2) is 5.80. The Morgan fingerprint density at radius 3 is 2.69 bits per heavy atom. The zero-order chi connectivity index (χ0) is 11.4. The lowest BCUT2D eigenvalue weighted by atomic mass is 10.2. The van der Waals surface area contributed by atoms with Crippen LogP contribution in [0.4, 0.5) is 0 Å². The number of nitrogens with one attached hydrogen (secondary N) is 2. The summed E-state index contributed by atoms with van der Waals surface area (Å²) in [5.74, 6) is 4.10. The highest BCUT2D eigenvalue weighted by Crippen LogP contribution is 2.36. The Balaban J connectivity index is 1.61. The average molecular weight is 241 g/mol. The van der Waals surface area contributed by atoms with Crippen molar-refractivity contribution in [2.45, 2.75) is 31.4 Å². The summed E-state index contributed by atoms with van der Waals surface area (Å²) in [6.07, 6.45) is 4.11. The lowest BCUT2D eigenvalue weighted by Gasteiger charge is -2.14. The quantitative estimate of drug-likeness (QED) is 0.581. The van der Waals surface area contributed by atoms with Gasteiger partial charge in [0.25, 0.3) is 0 Å². The van der Waals surface area contributed by atoms with Gasteiger partial charge in [-0.3, -0.25) is 4.99 Å². The van der Waals surface area contributed by atoms with E-state index in [-0.39, 0.29) is 0 Å². The zero-order valence-corrected chi connectivity index (χ0v) is 11.1. The van der Waals surface area contributed by atoms with Crippen molar-refractivity contribution in [3.63, 3.8) is 0 Å². The van der Waals surface area contributed by atoms with Crippen LogP contribution < -0.4 is 10.6 Å². The molecule has 2 fully saturated rings. The molecule has 2 rings (SSSR count). The number of aliphatic imine (C=N–C) groups is 1. The molecule has 2 N–H and O–H groups in total. The van der Waals surface area contributed by atoms with Crippen molar-refractivity contribution in [2.75, 3.05) is 25.9 Å². The molecule has 3 unspecified atom stereocenters. The molecule has 0 aromatic heterocycles. The standard InChI is InChI=1S/C12H23N3S/c1-9-6-10(9)7-14-12(13-2)15-8-11-4-3-5-16-11/h9-11H,3-8H2,1-2H3,(H2,13,14,15).